The maximum atomic E-state index is 10.8. The SMILES string of the molecule is Nc1cc(S(=O)(=O)O)cc(NCO)c1Cl. The molecule has 5 N–H and O–H groups in total. The molecule has 0 radical (unpaired) electrons. The fraction of sp³-hybridized carbons (Fsp3) is 0.143. The van der Waals surface area contributed by atoms with Gasteiger partial charge in [-0.2, -0.15) is 8.42 Å². The van der Waals surface area contributed by atoms with E-state index in [1.165, 1.54) is 0 Å². The van der Waals surface area contributed by atoms with E-state index in [4.69, 9.17) is 27.0 Å². The van der Waals surface area contributed by atoms with Gasteiger partial charge in [-0.05, 0) is 12.1 Å². The molecule has 0 aliphatic carbocycles. The van der Waals surface area contributed by atoms with Crippen molar-refractivity contribution in [1.29, 1.82) is 0 Å². The lowest BCUT2D eigenvalue weighted by atomic mass is 10.3. The van der Waals surface area contributed by atoms with E-state index in [1.807, 2.05) is 0 Å². The van der Waals surface area contributed by atoms with E-state index in [-0.39, 0.29) is 21.3 Å². The summed E-state index contributed by atoms with van der Waals surface area (Å²) in [4.78, 5) is -0.389. The van der Waals surface area contributed by atoms with Crippen LogP contribution in [0.2, 0.25) is 5.02 Å². The van der Waals surface area contributed by atoms with Gasteiger partial charge in [-0.25, -0.2) is 0 Å². The van der Waals surface area contributed by atoms with Crippen molar-refractivity contribution in [2.75, 3.05) is 17.8 Å². The van der Waals surface area contributed by atoms with Crippen molar-refractivity contribution in [3.63, 3.8) is 0 Å². The van der Waals surface area contributed by atoms with Gasteiger partial charge < -0.3 is 16.2 Å². The second kappa shape index (κ2) is 4.23. The Morgan fingerprint density at radius 3 is 2.53 bits per heavy atom. The largest absolute Gasteiger partial charge is 0.397 e. The predicted molar refractivity (Wildman–Crippen MR) is 56.4 cm³/mol. The molecule has 1 aromatic carbocycles. The molecule has 0 atom stereocenters. The minimum absolute atomic E-state index is 0.0114. The third-order valence-electron chi connectivity index (χ3n) is 1.64. The number of aliphatic hydroxyl groups excluding tert-OH is 1. The van der Waals surface area contributed by atoms with Gasteiger partial charge in [0.25, 0.3) is 10.1 Å². The summed E-state index contributed by atoms with van der Waals surface area (Å²) in [6.07, 6.45) is 0. The number of aliphatic hydroxyl groups is 1. The molecule has 6 nitrogen and oxygen atoms in total. The quantitative estimate of drug-likeness (QED) is 0.355. The zero-order valence-corrected chi connectivity index (χ0v) is 9.01. The fourth-order valence-electron chi connectivity index (χ4n) is 0.982. The van der Waals surface area contributed by atoms with Crippen LogP contribution in [0.5, 0.6) is 0 Å². The molecule has 0 bridgehead atoms. The summed E-state index contributed by atoms with van der Waals surface area (Å²) in [5.74, 6) is 0. The van der Waals surface area contributed by atoms with Crippen LogP contribution in [0.25, 0.3) is 0 Å². The van der Waals surface area contributed by atoms with Gasteiger partial charge in [-0.3, -0.25) is 4.55 Å². The lowest BCUT2D eigenvalue weighted by Gasteiger charge is -2.09. The van der Waals surface area contributed by atoms with Crippen molar-refractivity contribution in [3.8, 4) is 0 Å². The van der Waals surface area contributed by atoms with Gasteiger partial charge in [-0.15, -0.1) is 0 Å². The number of hydrogen-bond donors (Lipinski definition) is 4. The zero-order valence-electron chi connectivity index (χ0n) is 7.44. The van der Waals surface area contributed by atoms with E-state index in [9.17, 15) is 8.42 Å². The van der Waals surface area contributed by atoms with E-state index < -0.39 is 16.8 Å². The molecule has 0 heterocycles. The van der Waals surface area contributed by atoms with Crippen LogP contribution in [0.1, 0.15) is 0 Å². The van der Waals surface area contributed by atoms with Crippen LogP contribution in [0.4, 0.5) is 11.4 Å². The Morgan fingerprint density at radius 1 is 1.47 bits per heavy atom. The monoisotopic (exact) mass is 252 g/mol. The maximum absolute atomic E-state index is 10.8. The van der Waals surface area contributed by atoms with Crippen molar-refractivity contribution in [1.82, 2.24) is 0 Å². The summed E-state index contributed by atoms with van der Waals surface area (Å²) in [6.45, 7) is -0.436. The number of nitrogens with one attached hydrogen (secondary N) is 1. The van der Waals surface area contributed by atoms with Crippen LogP contribution in [0.3, 0.4) is 0 Å². The molecule has 0 aliphatic heterocycles. The highest BCUT2D eigenvalue weighted by Gasteiger charge is 2.14. The third kappa shape index (κ3) is 2.72. The normalized spacial score (nSPS) is 11.4. The molecule has 0 saturated heterocycles. The highest BCUT2D eigenvalue weighted by atomic mass is 35.5. The van der Waals surface area contributed by atoms with Gasteiger partial charge in [-0.1, -0.05) is 11.6 Å². The molecule has 15 heavy (non-hydrogen) atoms. The molecule has 0 aromatic heterocycles. The average Bonchev–Trinajstić information content (AvgIpc) is 2.11. The first kappa shape index (κ1) is 12.1. The number of anilines is 2. The van der Waals surface area contributed by atoms with Crippen molar-refractivity contribution in [3.05, 3.63) is 17.2 Å². The summed E-state index contributed by atoms with van der Waals surface area (Å²) >= 11 is 5.72. The minimum atomic E-state index is -4.34. The number of nitrogen functional groups attached to an aromatic ring is 1. The van der Waals surface area contributed by atoms with Gasteiger partial charge in [0.1, 0.15) is 6.73 Å². The lowest BCUT2D eigenvalue weighted by molar-refractivity contribution is 0.325. The smallest absolute Gasteiger partial charge is 0.294 e. The Bertz CT molecular complexity index is 474. The standard InChI is InChI=1S/C7H9ClN2O4S/c8-7-5(9)1-4(15(12,13)14)2-6(7)10-3-11/h1-2,10-11H,3,9H2,(H,12,13,14). The van der Waals surface area contributed by atoms with Crippen molar-refractivity contribution < 1.29 is 18.1 Å². The highest BCUT2D eigenvalue weighted by molar-refractivity contribution is 7.85. The van der Waals surface area contributed by atoms with Crippen molar-refractivity contribution in [2.45, 2.75) is 4.90 Å². The second-order valence-corrected chi connectivity index (χ2v) is 4.48. The molecule has 0 aliphatic rings. The third-order valence-corrected chi connectivity index (χ3v) is 2.89. The lowest BCUT2D eigenvalue weighted by Crippen LogP contribution is -2.05. The van der Waals surface area contributed by atoms with Gasteiger partial charge in [0.15, 0.2) is 0 Å². The molecule has 0 fully saturated rings. The van der Waals surface area contributed by atoms with Crippen LogP contribution in [-0.2, 0) is 10.1 Å². The molecule has 0 unspecified atom stereocenters. The summed E-state index contributed by atoms with van der Waals surface area (Å²) in [5.41, 5.74) is 5.54. The van der Waals surface area contributed by atoms with E-state index >= 15 is 0 Å². The number of rotatable bonds is 3. The molecule has 84 valence electrons. The highest BCUT2D eigenvalue weighted by Crippen LogP contribution is 2.31. The molecular formula is C7H9ClN2O4S. The summed E-state index contributed by atoms with van der Waals surface area (Å²) in [7, 11) is -4.34. The van der Waals surface area contributed by atoms with Gasteiger partial charge in [0.2, 0.25) is 0 Å². The number of nitrogens with two attached hydrogens (primary N) is 1. The van der Waals surface area contributed by atoms with Gasteiger partial charge in [0.05, 0.1) is 21.3 Å². The Kier molecular flexibility index (Phi) is 3.40. The van der Waals surface area contributed by atoms with Gasteiger partial charge >= 0.3 is 0 Å². The Hall–Kier alpha value is -1.02. The van der Waals surface area contributed by atoms with Crippen LogP contribution >= 0.6 is 11.6 Å². The molecule has 8 heteroatoms. The first-order chi connectivity index (χ1) is 6.86. The van der Waals surface area contributed by atoms with Crippen LogP contribution in [0, 0.1) is 0 Å². The first-order valence-electron chi connectivity index (χ1n) is 3.77. The van der Waals surface area contributed by atoms with Crippen LogP contribution in [0.15, 0.2) is 17.0 Å². The molecule has 1 rings (SSSR count). The number of benzene rings is 1. The molecule has 0 spiro atoms. The fourth-order valence-corrected chi connectivity index (χ4v) is 1.70. The van der Waals surface area contributed by atoms with E-state index in [0.29, 0.717) is 0 Å². The Labute approximate surface area is 91.4 Å². The number of hydrogen-bond acceptors (Lipinski definition) is 5. The molecule has 1 aromatic rings. The molecule has 0 saturated carbocycles. The second-order valence-electron chi connectivity index (χ2n) is 2.68. The molecule has 0 amide bonds. The summed E-state index contributed by atoms with van der Waals surface area (Å²) in [5, 5.41) is 11.1. The van der Waals surface area contributed by atoms with Crippen LogP contribution < -0.4 is 11.1 Å². The Morgan fingerprint density at radius 2 is 2.07 bits per heavy atom. The molecular weight excluding hydrogens is 244 g/mol. The minimum Gasteiger partial charge on any atom is -0.397 e. The first-order valence-corrected chi connectivity index (χ1v) is 5.59. The van der Waals surface area contributed by atoms with E-state index in [0.717, 1.165) is 12.1 Å². The number of halogens is 1. The van der Waals surface area contributed by atoms with Crippen LogP contribution in [-0.4, -0.2) is 24.8 Å². The topological polar surface area (TPSA) is 113 Å². The summed E-state index contributed by atoms with van der Waals surface area (Å²) < 4.78 is 30.4. The van der Waals surface area contributed by atoms with E-state index in [1.54, 1.807) is 0 Å². The average molecular weight is 253 g/mol. The Balaban J connectivity index is 3.36. The van der Waals surface area contributed by atoms with Crippen molar-refractivity contribution >= 4 is 33.1 Å². The zero-order chi connectivity index (χ0) is 11.6. The van der Waals surface area contributed by atoms with E-state index in [2.05, 4.69) is 5.32 Å². The predicted octanol–water partition coefficient (Wildman–Crippen LogP) is 0.531. The van der Waals surface area contributed by atoms with Crippen molar-refractivity contribution in [2.24, 2.45) is 0 Å². The maximum Gasteiger partial charge on any atom is 0.294 e. The van der Waals surface area contributed by atoms with Gasteiger partial charge in [0, 0.05) is 0 Å². The summed E-state index contributed by atoms with van der Waals surface area (Å²) in [6, 6.07) is 2.10.